The van der Waals surface area contributed by atoms with E-state index in [2.05, 4.69) is 4.98 Å². The number of ether oxygens (including phenoxy) is 1. The number of fused-ring (bicyclic) bond motifs is 1. The van der Waals surface area contributed by atoms with Crippen LogP contribution < -0.4 is 9.46 Å². The highest BCUT2D eigenvalue weighted by molar-refractivity contribution is 7.93. The molecule has 0 saturated heterocycles. The first-order chi connectivity index (χ1) is 16.5. The molecule has 35 heavy (non-hydrogen) atoms. The summed E-state index contributed by atoms with van der Waals surface area (Å²) >= 11 is 0. The zero-order valence-electron chi connectivity index (χ0n) is 19.3. The van der Waals surface area contributed by atoms with E-state index in [1.54, 1.807) is 42.5 Å². The number of nitrogens with one attached hydrogen (secondary N) is 1. The Bertz CT molecular complexity index is 1200. The number of aliphatic hydroxyl groups is 1. The Hall–Kier alpha value is -3.18. The van der Waals surface area contributed by atoms with Gasteiger partial charge in [0.15, 0.2) is 0 Å². The molecule has 2 heterocycles. The van der Waals surface area contributed by atoms with Gasteiger partial charge in [-0.15, -0.1) is 0 Å². The lowest BCUT2D eigenvalue weighted by atomic mass is 9.97. The molecule has 0 amide bonds. The average Bonchev–Trinajstić information content (AvgIpc) is 2.82. The Balaban J connectivity index is 0.000000363. The number of sulfonamides is 1. The summed E-state index contributed by atoms with van der Waals surface area (Å²) in [6, 6.07) is 14.3. The van der Waals surface area contributed by atoms with Crippen LogP contribution in [0.15, 0.2) is 60.8 Å². The summed E-state index contributed by atoms with van der Waals surface area (Å²) in [7, 11) is -4.36. The summed E-state index contributed by atoms with van der Waals surface area (Å²) in [5.41, 5.74) is 2.55. The highest BCUT2D eigenvalue weighted by Crippen LogP contribution is 2.38. The molecule has 0 radical (unpaired) electrons. The summed E-state index contributed by atoms with van der Waals surface area (Å²) in [6.45, 7) is 2.51. The Morgan fingerprint density at radius 3 is 2.40 bits per heavy atom. The van der Waals surface area contributed by atoms with Crippen LogP contribution in [0.25, 0.3) is 11.1 Å². The molecule has 6 nitrogen and oxygen atoms in total. The van der Waals surface area contributed by atoms with Gasteiger partial charge in [0, 0.05) is 30.2 Å². The van der Waals surface area contributed by atoms with Crippen molar-refractivity contribution in [2.24, 2.45) is 0 Å². The topological polar surface area (TPSA) is 88.5 Å². The zero-order chi connectivity index (χ0) is 26.2. The quantitative estimate of drug-likeness (QED) is 0.440. The van der Waals surface area contributed by atoms with E-state index < -0.39 is 21.4 Å². The number of anilines is 1. The van der Waals surface area contributed by atoms with E-state index in [0.29, 0.717) is 49.6 Å². The number of rotatable bonds is 4. The molecule has 11 heteroatoms. The van der Waals surface area contributed by atoms with Crippen LogP contribution in [0.3, 0.4) is 0 Å². The van der Waals surface area contributed by atoms with Crippen LogP contribution in [-0.4, -0.2) is 37.5 Å². The third-order valence-electron chi connectivity index (χ3n) is 4.85. The lowest BCUT2D eigenvalue weighted by Gasteiger charge is -2.23. The van der Waals surface area contributed by atoms with E-state index in [1.807, 2.05) is 11.6 Å². The maximum atomic E-state index is 13.3. The number of nitrogens with zero attached hydrogens (tertiary/aromatic N) is 1. The van der Waals surface area contributed by atoms with Crippen molar-refractivity contribution in [1.29, 1.82) is 0 Å². The van der Waals surface area contributed by atoms with Gasteiger partial charge in [-0.05, 0) is 36.8 Å². The first-order valence-corrected chi connectivity index (χ1v) is 11.9. The molecule has 1 unspecified atom stereocenters. The van der Waals surface area contributed by atoms with Gasteiger partial charge in [-0.2, -0.15) is 8.78 Å². The molecule has 0 spiro atoms. The Morgan fingerprint density at radius 1 is 1.11 bits per heavy atom. The first-order valence-electron chi connectivity index (χ1n) is 10.4. The van der Waals surface area contributed by atoms with Crippen molar-refractivity contribution < 1.29 is 35.8 Å². The zero-order valence-corrected chi connectivity index (χ0v) is 20.1. The Morgan fingerprint density at radius 2 is 1.80 bits per heavy atom. The molecule has 1 aliphatic rings. The maximum absolute atomic E-state index is 13.3. The molecule has 190 valence electrons. The molecule has 0 saturated carbocycles. The Kier molecular flexibility index (Phi) is 9.61. The van der Waals surface area contributed by atoms with Gasteiger partial charge in [0.2, 0.25) is 0 Å². The molecule has 0 aliphatic carbocycles. The van der Waals surface area contributed by atoms with Gasteiger partial charge in [-0.1, -0.05) is 30.3 Å². The second-order valence-corrected chi connectivity index (χ2v) is 9.41. The highest BCUT2D eigenvalue weighted by atomic mass is 32.2. The van der Waals surface area contributed by atoms with Crippen molar-refractivity contribution in [2.45, 2.75) is 31.6 Å². The van der Waals surface area contributed by atoms with Crippen molar-refractivity contribution in [2.75, 3.05) is 18.5 Å². The van der Waals surface area contributed by atoms with E-state index in [-0.39, 0.29) is 11.5 Å². The minimum Gasteiger partial charge on any atom is -0.493 e. The van der Waals surface area contributed by atoms with Crippen molar-refractivity contribution >= 4 is 15.7 Å². The molecular weight excluding hydrogens is 488 g/mol. The number of hydrogen-bond acceptors (Lipinski definition) is 5. The normalized spacial score (nSPS) is 14.8. The van der Waals surface area contributed by atoms with Crippen LogP contribution in [0.2, 0.25) is 0 Å². The summed E-state index contributed by atoms with van der Waals surface area (Å²) in [5.74, 6) is 0.213. The van der Waals surface area contributed by atoms with Gasteiger partial charge < -0.3 is 9.84 Å². The number of pyridine rings is 1. The van der Waals surface area contributed by atoms with Gasteiger partial charge in [0.05, 0.1) is 31.8 Å². The third-order valence-corrected chi connectivity index (χ3v) is 6.28. The minimum absolute atomic E-state index is 0.0420. The van der Waals surface area contributed by atoms with Crippen LogP contribution >= 0.6 is 0 Å². The third kappa shape index (κ3) is 7.40. The van der Waals surface area contributed by atoms with Crippen molar-refractivity contribution in [3.8, 4) is 16.9 Å². The molecule has 2 aromatic carbocycles. The largest absolute Gasteiger partial charge is 0.493 e. The molecule has 1 aromatic heterocycles. The maximum Gasteiger partial charge on any atom is 0.361 e. The summed E-state index contributed by atoms with van der Waals surface area (Å²) in [4.78, 5) is 3.70. The average molecular weight is 515 g/mol. The van der Waals surface area contributed by atoms with Crippen molar-refractivity contribution in [1.82, 2.24) is 4.98 Å². The van der Waals surface area contributed by atoms with E-state index in [1.165, 1.54) is 18.3 Å². The Labute approximate surface area is 201 Å². The number of halogens is 4. The van der Waals surface area contributed by atoms with Crippen LogP contribution in [0.1, 0.15) is 30.7 Å². The second kappa shape index (κ2) is 12.0. The molecular formula is C24H26F4N2O4S. The first kappa shape index (κ1) is 28.1. The molecule has 1 aliphatic heterocycles. The number of aryl methyl sites for hydroxylation is 1. The summed E-state index contributed by atoms with van der Waals surface area (Å²) < 4.78 is 79.1. The van der Waals surface area contributed by atoms with Gasteiger partial charge in [0.1, 0.15) is 11.6 Å². The number of aliphatic hydroxyl groups excluding tert-OH is 1. The lowest BCUT2D eigenvalue weighted by Crippen LogP contribution is -2.31. The smallest absolute Gasteiger partial charge is 0.361 e. The van der Waals surface area contributed by atoms with Crippen LogP contribution in [0.4, 0.5) is 23.2 Å². The van der Waals surface area contributed by atoms with Crippen molar-refractivity contribution in [3.05, 3.63) is 77.9 Å². The van der Waals surface area contributed by atoms with E-state index >= 15 is 0 Å². The molecule has 0 fully saturated rings. The van der Waals surface area contributed by atoms with Gasteiger partial charge >= 0.3 is 5.25 Å². The fourth-order valence-electron chi connectivity index (χ4n) is 3.05. The van der Waals surface area contributed by atoms with E-state index in [0.717, 1.165) is 5.69 Å². The number of alkyl halides is 3. The monoisotopic (exact) mass is 514 g/mol. The second-order valence-electron chi connectivity index (χ2n) is 7.48. The number of benzene rings is 2. The van der Waals surface area contributed by atoms with Gasteiger partial charge in [-0.3, -0.25) is 14.1 Å². The molecule has 4 rings (SSSR count). The summed E-state index contributed by atoms with van der Waals surface area (Å²) in [6.07, 6.45) is 1.08. The molecule has 2 N–H and O–H groups in total. The molecule has 1 atom stereocenters. The van der Waals surface area contributed by atoms with Crippen LogP contribution in [0.5, 0.6) is 5.75 Å². The van der Waals surface area contributed by atoms with Crippen LogP contribution in [0, 0.1) is 12.7 Å². The SMILES string of the molecule is CC(F)(F)S(=O)(=O)Nc1ccccc1-c1ccc2c(c1)OCCC2O.CF.Cc1ccc(F)cn1. The van der Waals surface area contributed by atoms with Gasteiger partial charge in [0.25, 0.3) is 10.0 Å². The molecule has 3 aromatic rings. The fourth-order valence-corrected chi connectivity index (χ4v) is 3.69. The number of aromatic nitrogens is 1. The predicted molar refractivity (Wildman–Crippen MR) is 126 cm³/mol. The number of para-hydroxylation sites is 1. The van der Waals surface area contributed by atoms with Crippen molar-refractivity contribution in [3.63, 3.8) is 0 Å². The molecule has 0 bridgehead atoms. The van der Waals surface area contributed by atoms with E-state index in [9.17, 15) is 31.1 Å². The predicted octanol–water partition coefficient (Wildman–Crippen LogP) is 5.64. The fraction of sp³-hybridized carbons (Fsp3) is 0.292. The minimum atomic E-state index is -4.86. The lowest BCUT2D eigenvalue weighted by molar-refractivity contribution is 0.115. The van der Waals surface area contributed by atoms with Gasteiger partial charge in [-0.25, -0.2) is 12.8 Å². The van der Waals surface area contributed by atoms with Crippen LogP contribution in [-0.2, 0) is 10.0 Å². The highest BCUT2D eigenvalue weighted by Gasteiger charge is 2.39. The van der Waals surface area contributed by atoms with E-state index in [4.69, 9.17) is 4.74 Å². The summed E-state index contributed by atoms with van der Waals surface area (Å²) in [5, 5.41) is 6.05. The standard InChI is InChI=1S/C17H17F2NO4S.C6H6FN.CH3F/c1-17(18,19)25(22,23)20-14-5-3-2-4-12(14)11-6-7-13-15(21)8-9-24-16(13)10-11;1-5-2-3-6(7)4-8-5;1-2/h2-7,10,15,20-21H,8-9H2,1H3;2-4H,1H3;1H3. The number of hydrogen-bond donors (Lipinski definition) is 2.